The summed E-state index contributed by atoms with van der Waals surface area (Å²) in [6, 6.07) is 0. The predicted molar refractivity (Wildman–Crippen MR) is 49.2 cm³/mol. The van der Waals surface area contributed by atoms with Gasteiger partial charge >= 0.3 is 5.97 Å². The maximum atomic E-state index is 10.5. The molecule has 0 radical (unpaired) electrons. The van der Waals surface area contributed by atoms with Gasteiger partial charge in [-0.25, -0.2) is 0 Å². The monoisotopic (exact) mass is 173 g/mol. The molecule has 1 heterocycles. The Morgan fingerprint density at radius 3 is 2.42 bits per heavy atom. The fraction of sp³-hybridized carbons (Fsp3) is 0.889. The van der Waals surface area contributed by atoms with E-state index in [0.29, 0.717) is 0 Å². The van der Waals surface area contributed by atoms with Crippen molar-refractivity contribution in [2.24, 2.45) is 5.92 Å². The third-order valence-corrected chi connectivity index (χ3v) is 1.97. The molecule has 0 bridgehead atoms. The molecule has 3 heteroatoms. The first-order valence-corrected chi connectivity index (χ1v) is 4.61. The molecule has 3 nitrogen and oxygen atoms in total. The van der Waals surface area contributed by atoms with Crippen LogP contribution in [0.4, 0.5) is 0 Å². The third-order valence-electron chi connectivity index (χ3n) is 1.97. The molecule has 12 heavy (non-hydrogen) atoms. The summed E-state index contributed by atoms with van der Waals surface area (Å²) in [7, 11) is 1.97. The van der Waals surface area contributed by atoms with Gasteiger partial charge in [-0.15, -0.1) is 0 Å². The van der Waals surface area contributed by atoms with Crippen molar-refractivity contribution in [3.8, 4) is 0 Å². The first kappa shape index (κ1) is 11.4. The van der Waals surface area contributed by atoms with Crippen molar-refractivity contribution in [3.63, 3.8) is 0 Å². The number of piperidine rings is 1. The van der Waals surface area contributed by atoms with Gasteiger partial charge in [-0.05, 0) is 26.4 Å². The first-order valence-electron chi connectivity index (χ1n) is 4.61. The van der Waals surface area contributed by atoms with Crippen LogP contribution in [0, 0.1) is 5.92 Å². The van der Waals surface area contributed by atoms with Crippen LogP contribution in [0.1, 0.15) is 26.7 Å². The van der Waals surface area contributed by atoms with E-state index in [2.05, 4.69) is 4.90 Å². The second-order valence-corrected chi connectivity index (χ2v) is 2.94. The second-order valence-electron chi connectivity index (χ2n) is 2.94. The molecular formula is C9H19NO2. The molecule has 0 saturated carbocycles. The highest BCUT2D eigenvalue weighted by molar-refractivity contribution is 5.70. The molecule has 0 aromatic heterocycles. The quantitative estimate of drug-likeness (QED) is 0.652. The predicted octanol–water partition coefficient (Wildman–Crippen LogP) is 1.44. The topological polar surface area (TPSA) is 40.5 Å². The summed E-state index contributed by atoms with van der Waals surface area (Å²) in [6.07, 6.45) is 1.87. The maximum Gasteiger partial charge on any atom is 0.307 e. The van der Waals surface area contributed by atoms with Crippen molar-refractivity contribution in [2.45, 2.75) is 26.7 Å². The van der Waals surface area contributed by atoms with Crippen LogP contribution >= 0.6 is 0 Å². The van der Waals surface area contributed by atoms with Gasteiger partial charge in [0.1, 0.15) is 0 Å². The summed E-state index contributed by atoms with van der Waals surface area (Å²) >= 11 is 0. The Bertz CT molecular complexity index is 136. The van der Waals surface area contributed by atoms with Crippen LogP contribution < -0.4 is 0 Å². The number of likely N-dealkylation sites (tertiary alicyclic amines) is 1. The average molecular weight is 173 g/mol. The van der Waals surface area contributed by atoms with E-state index in [9.17, 15) is 4.79 Å². The lowest BCUT2D eigenvalue weighted by Gasteiger charge is -2.26. The number of aliphatic carboxylic acids is 1. The minimum atomic E-state index is -0.647. The van der Waals surface area contributed by atoms with Crippen LogP contribution in [0.25, 0.3) is 0 Å². The van der Waals surface area contributed by atoms with E-state index in [0.717, 1.165) is 25.9 Å². The van der Waals surface area contributed by atoms with Crippen molar-refractivity contribution < 1.29 is 9.90 Å². The summed E-state index contributed by atoms with van der Waals surface area (Å²) in [4.78, 5) is 12.5. The van der Waals surface area contributed by atoms with Crippen molar-refractivity contribution in [1.29, 1.82) is 0 Å². The molecule has 1 N–H and O–H groups in total. The van der Waals surface area contributed by atoms with Crippen molar-refractivity contribution >= 4 is 5.97 Å². The van der Waals surface area contributed by atoms with Crippen LogP contribution in [-0.2, 0) is 4.79 Å². The highest BCUT2D eigenvalue weighted by atomic mass is 16.4. The zero-order chi connectivity index (χ0) is 9.56. The van der Waals surface area contributed by atoms with Gasteiger partial charge in [-0.1, -0.05) is 13.8 Å². The van der Waals surface area contributed by atoms with Crippen LogP contribution in [0.15, 0.2) is 0 Å². The van der Waals surface area contributed by atoms with Crippen molar-refractivity contribution in [2.75, 3.05) is 20.1 Å². The SMILES string of the molecule is CC.CN1CCCC(C(=O)O)C1. The number of carbonyl (C=O) groups is 1. The number of carboxylic acids is 1. The summed E-state index contributed by atoms with van der Waals surface area (Å²) in [5.41, 5.74) is 0. The number of nitrogens with zero attached hydrogens (tertiary/aromatic N) is 1. The Morgan fingerprint density at radius 1 is 1.50 bits per heavy atom. The smallest absolute Gasteiger partial charge is 0.307 e. The molecule has 0 aliphatic carbocycles. The Balaban J connectivity index is 0.000000561. The van der Waals surface area contributed by atoms with Crippen molar-refractivity contribution in [3.05, 3.63) is 0 Å². The minimum Gasteiger partial charge on any atom is -0.481 e. The number of rotatable bonds is 1. The standard InChI is InChI=1S/C7H13NO2.C2H6/c1-8-4-2-3-6(5-8)7(9)10;1-2/h6H,2-5H2,1H3,(H,9,10);1-2H3. The van der Waals surface area contributed by atoms with Gasteiger partial charge in [0.25, 0.3) is 0 Å². The average Bonchev–Trinajstić information content (AvgIpc) is 2.08. The lowest BCUT2D eigenvalue weighted by molar-refractivity contribution is -0.143. The Morgan fingerprint density at radius 2 is 2.08 bits per heavy atom. The number of hydrogen-bond donors (Lipinski definition) is 1. The summed E-state index contributed by atoms with van der Waals surface area (Å²) in [5.74, 6) is -0.773. The van der Waals surface area contributed by atoms with E-state index in [1.54, 1.807) is 0 Å². The molecule has 0 spiro atoms. The van der Waals surface area contributed by atoms with E-state index >= 15 is 0 Å². The van der Waals surface area contributed by atoms with Gasteiger partial charge in [0, 0.05) is 6.54 Å². The van der Waals surface area contributed by atoms with E-state index in [4.69, 9.17) is 5.11 Å². The van der Waals surface area contributed by atoms with Crippen LogP contribution in [-0.4, -0.2) is 36.1 Å². The van der Waals surface area contributed by atoms with Gasteiger partial charge in [0.15, 0.2) is 0 Å². The zero-order valence-electron chi connectivity index (χ0n) is 8.21. The molecular weight excluding hydrogens is 154 g/mol. The highest BCUT2D eigenvalue weighted by Gasteiger charge is 2.22. The summed E-state index contributed by atoms with van der Waals surface area (Å²) < 4.78 is 0. The molecule has 1 aliphatic rings. The molecule has 1 aliphatic heterocycles. The van der Waals surface area contributed by atoms with Crippen LogP contribution in [0.3, 0.4) is 0 Å². The van der Waals surface area contributed by atoms with Gasteiger partial charge in [0.05, 0.1) is 5.92 Å². The maximum absolute atomic E-state index is 10.5. The van der Waals surface area contributed by atoms with E-state index in [-0.39, 0.29) is 5.92 Å². The highest BCUT2D eigenvalue weighted by Crippen LogP contribution is 2.14. The van der Waals surface area contributed by atoms with Gasteiger partial charge in [-0.2, -0.15) is 0 Å². The van der Waals surface area contributed by atoms with Crippen LogP contribution in [0.2, 0.25) is 0 Å². The van der Waals surface area contributed by atoms with E-state index in [1.807, 2.05) is 20.9 Å². The van der Waals surface area contributed by atoms with Gasteiger partial charge in [-0.3, -0.25) is 4.79 Å². The fourth-order valence-corrected chi connectivity index (χ4v) is 1.37. The molecule has 1 unspecified atom stereocenters. The van der Waals surface area contributed by atoms with Crippen molar-refractivity contribution in [1.82, 2.24) is 4.90 Å². The number of carboxylic acid groups (broad SMARTS) is 1. The molecule has 1 rings (SSSR count). The molecule has 1 saturated heterocycles. The third kappa shape index (κ3) is 3.72. The first-order chi connectivity index (χ1) is 5.70. The normalized spacial score (nSPS) is 24.1. The molecule has 0 aromatic carbocycles. The lowest BCUT2D eigenvalue weighted by Crippen LogP contribution is -2.35. The van der Waals surface area contributed by atoms with Crippen LogP contribution in [0.5, 0.6) is 0 Å². The Hall–Kier alpha value is -0.570. The zero-order valence-corrected chi connectivity index (χ0v) is 8.21. The lowest BCUT2D eigenvalue weighted by atomic mass is 9.99. The Kier molecular flexibility index (Phi) is 5.72. The Labute approximate surface area is 74.4 Å². The van der Waals surface area contributed by atoms with Gasteiger partial charge < -0.3 is 10.0 Å². The molecule has 0 amide bonds. The summed E-state index contributed by atoms with van der Waals surface area (Å²) in [6.45, 7) is 5.76. The minimum absolute atomic E-state index is 0.126. The van der Waals surface area contributed by atoms with Gasteiger partial charge in [0.2, 0.25) is 0 Å². The molecule has 1 fully saturated rings. The van der Waals surface area contributed by atoms with E-state index in [1.165, 1.54) is 0 Å². The fourth-order valence-electron chi connectivity index (χ4n) is 1.37. The largest absolute Gasteiger partial charge is 0.481 e. The second kappa shape index (κ2) is 6.00. The molecule has 0 aromatic rings. The molecule has 72 valence electrons. The van der Waals surface area contributed by atoms with E-state index < -0.39 is 5.97 Å². The summed E-state index contributed by atoms with van der Waals surface area (Å²) in [5, 5.41) is 8.63. The molecule has 1 atom stereocenters. The number of hydrogen-bond acceptors (Lipinski definition) is 2.